The fourth-order valence-electron chi connectivity index (χ4n) is 3.27. The van der Waals surface area contributed by atoms with Gasteiger partial charge in [0.05, 0.1) is 11.4 Å². The number of anilines is 2. The van der Waals surface area contributed by atoms with Crippen LogP contribution in [0.15, 0.2) is 35.4 Å². The van der Waals surface area contributed by atoms with Crippen molar-refractivity contribution in [1.29, 1.82) is 0 Å². The number of hydrogen-bond acceptors (Lipinski definition) is 5. The number of pyridine rings is 1. The largest absolute Gasteiger partial charge is 0.474 e. The molecule has 2 aliphatic rings. The molecule has 3 heterocycles. The van der Waals surface area contributed by atoms with Gasteiger partial charge < -0.3 is 10.1 Å². The van der Waals surface area contributed by atoms with E-state index in [0.717, 1.165) is 11.1 Å². The van der Waals surface area contributed by atoms with Gasteiger partial charge in [0.2, 0.25) is 11.8 Å². The fraction of sp³-hybridized carbons (Fsp3) is 0.333. The molecule has 0 radical (unpaired) electrons. The van der Waals surface area contributed by atoms with Gasteiger partial charge in [0, 0.05) is 18.3 Å². The molecule has 26 heavy (non-hydrogen) atoms. The summed E-state index contributed by atoms with van der Waals surface area (Å²) in [6, 6.07) is 6.64. The third kappa shape index (κ3) is 2.90. The maximum Gasteiger partial charge on any atom is 0.264 e. The van der Waals surface area contributed by atoms with Crippen molar-refractivity contribution in [2.24, 2.45) is 0 Å². The minimum atomic E-state index is -3.75. The summed E-state index contributed by atoms with van der Waals surface area (Å²) in [5.41, 5.74) is 2.85. The van der Waals surface area contributed by atoms with E-state index in [-0.39, 0.29) is 24.0 Å². The van der Waals surface area contributed by atoms with E-state index in [4.69, 9.17) is 4.74 Å². The quantitative estimate of drug-likeness (QED) is 0.872. The average Bonchev–Trinajstić information content (AvgIpc) is 2.80. The Labute approximate surface area is 152 Å². The Balaban J connectivity index is 1.76. The van der Waals surface area contributed by atoms with Crippen LogP contribution in [0.3, 0.4) is 0 Å². The molecule has 0 saturated heterocycles. The molecule has 1 aromatic carbocycles. The van der Waals surface area contributed by atoms with E-state index >= 15 is 0 Å². The number of carbonyl (C=O) groups excluding carboxylic acids is 1. The molecule has 8 heteroatoms. The van der Waals surface area contributed by atoms with Gasteiger partial charge in [-0.1, -0.05) is 0 Å². The van der Waals surface area contributed by atoms with Crippen LogP contribution in [0.25, 0.3) is 0 Å². The zero-order chi connectivity index (χ0) is 18.3. The summed E-state index contributed by atoms with van der Waals surface area (Å²) in [5.74, 6) is 0.287. The summed E-state index contributed by atoms with van der Waals surface area (Å²) in [7, 11) is -3.75. The van der Waals surface area contributed by atoms with E-state index in [0.29, 0.717) is 36.5 Å². The lowest BCUT2D eigenvalue weighted by atomic mass is 10.1. The second-order valence-electron chi connectivity index (χ2n) is 6.48. The highest BCUT2D eigenvalue weighted by Crippen LogP contribution is 2.35. The molecular formula is C18H19N3O4S. The lowest BCUT2D eigenvalue weighted by molar-refractivity contribution is -0.116. The lowest BCUT2D eigenvalue weighted by Crippen LogP contribution is -2.38. The molecule has 1 N–H and O–H groups in total. The minimum absolute atomic E-state index is 0.0389. The molecule has 2 aliphatic heterocycles. The standard InChI is InChI=1S/C18H19N3O4S/c1-12-9-16-18(19-11-12)25-8-7-21(16)26(23,24)14-5-6-15-13(10-14)3-2-4-17(22)20-15/h5-6,9-11H,2-4,7-8H2,1H3,(H,20,22). The van der Waals surface area contributed by atoms with Crippen LogP contribution < -0.4 is 14.4 Å². The second kappa shape index (κ2) is 6.28. The predicted molar refractivity (Wildman–Crippen MR) is 97.0 cm³/mol. The second-order valence-corrected chi connectivity index (χ2v) is 8.35. The monoisotopic (exact) mass is 373 g/mol. The number of sulfonamides is 1. The molecule has 0 saturated carbocycles. The Morgan fingerprint density at radius 2 is 2.08 bits per heavy atom. The van der Waals surface area contributed by atoms with Crippen LogP contribution in [-0.2, 0) is 21.2 Å². The molecule has 0 atom stereocenters. The highest BCUT2D eigenvalue weighted by Gasteiger charge is 2.31. The van der Waals surface area contributed by atoms with Crippen LogP contribution in [0.2, 0.25) is 0 Å². The molecule has 2 aromatic rings. The maximum absolute atomic E-state index is 13.3. The van der Waals surface area contributed by atoms with Gasteiger partial charge in [0.25, 0.3) is 10.0 Å². The summed E-state index contributed by atoms with van der Waals surface area (Å²) in [6.45, 7) is 2.34. The highest BCUT2D eigenvalue weighted by molar-refractivity contribution is 7.92. The Morgan fingerprint density at radius 1 is 1.23 bits per heavy atom. The summed E-state index contributed by atoms with van der Waals surface area (Å²) in [4.78, 5) is 16.1. The first-order valence-corrected chi connectivity index (χ1v) is 9.94. The van der Waals surface area contributed by atoms with Crippen molar-refractivity contribution in [3.63, 3.8) is 0 Å². The number of rotatable bonds is 2. The molecule has 0 unspecified atom stereocenters. The van der Waals surface area contributed by atoms with Crippen molar-refractivity contribution < 1.29 is 17.9 Å². The Morgan fingerprint density at radius 3 is 2.92 bits per heavy atom. The van der Waals surface area contributed by atoms with E-state index < -0.39 is 10.0 Å². The number of fused-ring (bicyclic) bond motifs is 2. The number of nitrogens with zero attached hydrogens (tertiary/aromatic N) is 2. The van der Waals surface area contributed by atoms with Crippen LogP contribution in [0.4, 0.5) is 11.4 Å². The third-order valence-electron chi connectivity index (χ3n) is 4.56. The number of aryl methyl sites for hydroxylation is 2. The van der Waals surface area contributed by atoms with Crippen LogP contribution in [-0.4, -0.2) is 32.5 Å². The highest BCUT2D eigenvalue weighted by atomic mass is 32.2. The lowest BCUT2D eigenvalue weighted by Gasteiger charge is -2.30. The normalized spacial score (nSPS) is 16.8. The molecule has 136 valence electrons. The van der Waals surface area contributed by atoms with Gasteiger partial charge in [0.15, 0.2) is 0 Å². The number of aromatic nitrogens is 1. The van der Waals surface area contributed by atoms with Gasteiger partial charge in [-0.05, 0) is 55.2 Å². The van der Waals surface area contributed by atoms with Gasteiger partial charge in [-0.3, -0.25) is 9.10 Å². The topological polar surface area (TPSA) is 88.6 Å². The van der Waals surface area contributed by atoms with Gasteiger partial charge in [-0.2, -0.15) is 0 Å². The zero-order valence-corrected chi connectivity index (χ0v) is 15.2. The van der Waals surface area contributed by atoms with Crippen molar-refractivity contribution in [3.05, 3.63) is 41.6 Å². The van der Waals surface area contributed by atoms with Crippen molar-refractivity contribution in [2.45, 2.75) is 31.1 Å². The molecule has 0 spiro atoms. The number of nitrogens with one attached hydrogen (secondary N) is 1. The first kappa shape index (κ1) is 16.8. The maximum atomic E-state index is 13.3. The number of ether oxygens (including phenoxy) is 1. The summed E-state index contributed by atoms with van der Waals surface area (Å²) >= 11 is 0. The van der Waals surface area contributed by atoms with E-state index in [2.05, 4.69) is 10.3 Å². The molecule has 0 bridgehead atoms. The predicted octanol–water partition coefficient (Wildman–Crippen LogP) is 2.25. The van der Waals surface area contributed by atoms with Gasteiger partial charge in [-0.25, -0.2) is 13.4 Å². The van der Waals surface area contributed by atoms with Gasteiger partial charge in [0.1, 0.15) is 12.3 Å². The van der Waals surface area contributed by atoms with E-state index in [1.54, 1.807) is 24.4 Å². The molecule has 7 nitrogen and oxygen atoms in total. The van der Waals surface area contributed by atoms with E-state index in [1.807, 2.05) is 6.92 Å². The Hall–Kier alpha value is -2.61. The van der Waals surface area contributed by atoms with Gasteiger partial charge >= 0.3 is 0 Å². The molecule has 0 aliphatic carbocycles. The third-order valence-corrected chi connectivity index (χ3v) is 6.37. The Bertz CT molecular complexity index is 988. The van der Waals surface area contributed by atoms with Crippen molar-refractivity contribution in [1.82, 2.24) is 4.98 Å². The SMILES string of the molecule is Cc1cnc2c(c1)N(S(=O)(=O)c1ccc3c(c1)CCCC(=O)N3)CCO2. The average molecular weight is 373 g/mol. The van der Waals surface area contributed by atoms with Gasteiger partial charge in [-0.15, -0.1) is 0 Å². The van der Waals surface area contributed by atoms with Crippen LogP contribution in [0.1, 0.15) is 24.0 Å². The van der Waals surface area contributed by atoms with Crippen LogP contribution in [0, 0.1) is 6.92 Å². The first-order chi connectivity index (χ1) is 12.4. The number of carbonyl (C=O) groups is 1. The van der Waals surface area contributed by atoms with Crippen molar-refractivity contribution in [3.8, 4) is 5.88 Å². The van der Waals surface area contributed by atoms with Crippen molar-refractivity contribution >= 4 is 27.3 Å². The molecule has 4 rings (SSSR count). The number of amides is 1. The zero-order valence-electron chi connectivity index (χ0n) is 14.4. The molecule has 1 amide bonds. The smallest absolute Gasteiger partial charge is 0.264 e. The fourth-order valence-corrected chi connectivity index (χ4v) is 4.76. The minimum Gasteiger partial charge on any atom is -0.474 e. The van der Waals surface area contributed by atoms with Crippen molar-refractivity contribution in [2.75, 3.05) is 22.8 Å². The number of benzene rings is 1. The summed E-state index contributed by atoms with van der Waals surface area (Å²) in [6.07, 6.45) is 3.46. The van der Waals surface area contributed by atoms with E-state index in [1.165, 1.54) is 10.4 Å². The summed E-state index contributed by atoms with van der Waals surface area (Å²) in [5, 5.41) is 2.83. The number of hydrogen-bond donors (Lipinski definition) is 1. The van der Waals surface area contributed by atoms with E-state index in [9.17, 15) is 13.2 Å². The Kier molecular flexibility index (Phi) is 4.07. The van der Waals surface area contributed by atoms with Crippen LogP contribution in [0.5, 0.6) is 5.88 Å². The molecular weight excluding hydrogens is 354 g/mol. The molecule has 1 aromatic heterocycles. The first-order valence-electron chi connectivity index (χ1n) is 8.50. The van der Waals surface area contributed by atoms with Crippen LogP contribution >= 0.6 is 0 Å². The molecule has 0 fully saturated rings. The summed E-state index contributed by atoms with van der Waals surface area (Å²) < 4.78 is 33.3.